The lowest BCUT2D eigenvalue weighted by molar-refractivity contribution is -0.137. The highest BCUT2D eigenvalue weighted by molar-refractivity contribution is 6.45. The molecule has 1 saturated heterocycles. The maximum Gasteiger partial charge on any atom is 0.242 e. The molecule has 0 N–H and O–H groups in total. The number of carbonyl (C=O) groups is 2. The van der Waals surface area contributed by atoms with Crippen molar-refractivity contribution in [3.05, 3.63) is 59.7 Å². The van der Waals surface area contributed by atoms with Crippen LogP contribution in [0.4, 0.5) is 0 Å². The summed E-state index contributed by atoms with van der Waals surface area (Å²) in [5, 5.41) is 0. The van der Waals surface area contributed by atoms with Gasteiger partial charge < -0.3 is 14.2 Å². The second-order valence-electron chi connectivity index (χ2n) is 6.41. The Morgan fingerprint density at radius 2 is 1.12 bits per heavy atom. The summed E-state index contributed by atoms with van der Waals surface area (Å²) in [7, 11) is 3.14. The fraction of sp³-hybridized carbons (Fsp3) is 0.300. The molecular weight excluding hydrogens is 320 g/mol. The van der Waals surface area contributed by atoms with E-state index in [1.165, 1.54) is 0 Å². The number of ether oxygens (including phenoxy) is 3. The topological polar surface area (TPSA) is 61.8 Å². The van der Waals surface area contributed by atoms with Gasteiger partial charge >= 0.3 is 0 Å². The van der Waals surface area contributed by atoms with E-state index in [-0.39, 0.29) is 0 Å². The minimum Gasteiger partial charge on any atom is -0.497 e. The first kappa shape index (κ1) is 17.2. The second kappa shape index (κ2) is 6.01. The monoisotopic (exact) mass is 340 g/mol. The third-order valence-electron chi connectivity index (χ3n) is 4.47. The normalized spacial score (nSPS) is 18.2. The van der Waals surface area contributed by atoms with E-state index in [2.05, 4.69) is 0 Å². The molecule has 0 atom stereocenters. The van der Waals surface area contributed by atoms with E-state index in [1.54, 1.807) is 76.6 Å². The zero-order chi connectivity index (χ0) is 18.2. The van der Waals surface area contributed by atoms with Crippen LogP contribution in [-0.4, -0.2) is 31.4 Å². The van der Waals surface area contributed by atoms with Gasteiger partial charge in [0, 0.05) is 0 Å². The number of ketones is 2. The Kier molecular flexibility index (Phi) is 4.13. The van der Waals surface area contributed by atoms with Gasteiger partial charge in [-0.15, -0.1) is 0 Å². The summed E-state index contributed by atoms with van der Waals surface area (Å²) in [4.78, 5) is 25.5. The maximum atomic E-state index is 13.0. The van der Waals surface area contributed by atoms with Gasteiger partial charge in [-0.05, 0) is 49.2 Å². The number of hydrogen-bond acceptors (Lipinski definition) is 5. The number of methoxy groups -OCH3 is 2. The minimum absolute atomic E-state index is 0.542. The zero-order valence-corrected chi connectivity index (χ0v) is 14.7. The number of rotatable bonds is 4. The molecule has 0 aromatic heterocycles. The molecule has 2 aromatic rings. The Balaban J connectivity index is 2.20. The smallest absolute Gasteiger partial charge is 0.242 e. The van der Waals surface area contributed by atoms with Crippen LogP contribution in [0, 0.1) is 0 Å². The zero-order valence-electron chi connectivity index (χ0n) is 14.7. The van der Waals surface area contributed by atoms with Crippen molar-refractivity contribution >= 4 is 11.6 Å². The maximum absolute atomic E-state index is 13.0. The van der Waals surface area contributed by atoms with E-state index in [1.807, 2.05) is 0 Å². The summed E-state index contributed by atoms with van der Waals surface area (Å²) < 4.78 is 16.5. The minimum atomic E-state index is -1.47. The van der Waals surface area contributed by atoms with E-state index in [9.17, 15) is 9.59 Å². The summed E-state index contributed by atoms with van der Waals surface area (Å²) >= 11 is 0. The Morgan fingerprint density at radius 1 is 0.720 bits per heavy atom. The highest BCUT2D eigenvalue weighted by Gasteiger charge is 2.60. The van der Waals surface area contributed by atoms with Crippen molar-refractivity contribution in [1.82, 2.24) is 0 Å². The molecule has 1 heterocycles. The van der Waals surface area contributed by atoms with Crippen molar-refractivity contribution in [3.63, 3.8) is 0 Å². The molecule has 5 nitrogen and oxygen atoms in total. The molecule has 0 spiro atoms. The largest absolute Gasteiger partial charge is 0.497 e. The van der Waals surface area contributed by atoms with Crippen molar-refractivity contribution in [2.75, 3.05) is 14.2 Å². The number of Topliss-reactive ketones (excluding diaryl/α,β-unsaturated/α-hetero) is 2. The summed E-state index contributed by atoms with van der Waals surface area (Å²) in [6.45, 7) is 3.23. The van der Waals surface area contributed by atoms with Gasteiger partial charge in [0.1, 0.15) is 17.1 Å². The lowest BCUT2D eigenvalue weighted by atomic mass is 9.82. The summed E-state index contributed by atoms with van der Waals surface area (Å²) in [5.74, 6) is 0.196. The van der Waals surface area contributed by atoms with Crippen LogP contribution in [0.5, 0.6) is 11.5 Å². The Labute approximate surface area is 146 Å². The molecule has 1 fully saturated rings. The molecule has 0 saturated carbocycles. The van der Waals surface area contributed by atoms with Crippen LogP contribution in [0.25, 0.3) is 0 Å². The van der Waals surface area contributed by atoms with Gasteiger partial charge in [0.2, 0.25) is 11.6 Å². The van der Waals surface area contributed by atoms with Crippen molar-refractivity contribution in [2.45, 2.75) is 25.0 Å². The molecule has 1 aliphatic rings. The van der Waals surface area contributed by atoms with Crippen LogP contribution < -0.4 is 9.47 Å². The van der Waals surface area contributed by atoms with E-state index in [4.69, 9.17) is 14.2 Å². The van der Waals surface area contributed by atoms with Crippen LogP contribution in [0.15, 0.2) is 48.5 Å². The number of carbonyl (C=O) groups excluding carboxylic acids is 2. The highest BCUT2D eigenvalue weighted by atomic mass is 16.5. The van der Waals surface area contributed by atoms with Crippen molar-refractivity contribution in [3.8, 4) is 11.5 Å². The predicted octanol–water partition coefficient (Wildman–Crippen LogP) is 2.89. The standard InChI is InChI=1S/C20H20O5/c1-19(2)17(21)18(22)20(25-19,13-5-9-15(23-3)10-6-13)14-7-11-16(24-4)12-8-14/h5-12H,1-4H3. The molecule has 0 bridgehead atoms. The summed E-state index contributed by atoms with van der Waals surface area (Å²) in [6, 6.07) is 14.0. The van der Waals surface area contributed by atoms with Gasteiger partial charge in [0.05, 0.1) is 14.2 Å². The summed E-state index contributed by atoms with van der Waals surface area (Å²) in [5.41, 5.74) is -1.50. The molecule has 0 aliphatic carbocycles. The van der Waals surface area contributed by atoms with E-state index >= 15 is 0 Å². The average Bonchev–Trinajstić information content (AvgIpc) is 2.83. The van der Waals surface area contributed by atoms with Gasteiger partial charge in [-0.25, -0.2) is 0 Å². The van der Waals surface area contributed by atoms with Crippen molar-refractivity contribution < 1.29 is 23.8 Å². The van der Waals surface area contributed by atoms with E-state index in [0.717, 1.165) is 0 Å². The molecule has 2 aromatic carbocycles. The molecule has 0 amide bonds. The Bertz CT molecular complexity index is 755. The van der Waals surface area contributed by atoms with Crippen LogP contribution in [0.1, 0.15) is 25.0 Å². The number of hydrogen-bond donors (Lipinski definition) is 0. The van der Waals surface area contributed by atoms with E-state index < -0.39 is 22.8 Å². The molecule has 3 rings (SSSR count). The van der Waals surface area contributed by atoms with Crippen molar-refractivity contribution in [2.24, 2.45) is 0 Å². The average molecular weight is 340 g/mol. The predicted molar refractivity (Wildman–Crippen MR) is 91.9 cm³/mol. The van der Waals surface area contributed by atoms with Gasteiger partial charge in [-0.3, -0.25) is 9.59 Å². The van der Waals surface area contributed by atoms with Gasteiger partial charge in [0.25, 0.3) is 0 Å². The fourth-order valence-corrected chi connectivity index (χ4v) is 3.11. The third kappa shape index (κ3) is 2.61. The first-order valence-corrected chi connectivity index (χ1v) is 7.93. The molecule has 25 heavy (non-hydrogen) atoms. The lowest BCUT2D eigenvalue weighted by Gasteiger charge is -2.30. The first-order chi connectivity index (χ1) is 11.8. The van der Waals surface area contributed by atoms with Crippen LogP contribution in [0.2, 0.25) is 0 Å². The molecule has 1 aliphatic heterocycles. The van der Waals surface area contributed by atoms with Gasteiger partial charge in [0.15, 0.2) is 5.60 Å². The quantitative estimate of drug-likeness (QED) is 0.801. The van der Waals surface area contributed by atoms with Gasteiger partial charge in [-0.1, -0.05) is 24.3 Å². The van der Waals surface area contributed by atoms with E-state index in [0.29, 0.717) is 22.6 Å². The molecule has 0 unspecified atom stereocenters. The number of benzene rings is 2. The van der Waals surface area contributed by atoms with Gasteiger partial charge in [-0.2, -0.15) is 0 Å². The highest BCUT2D eigenvalue weighted by Crippen LogP contribution is 2.45. The Hall–Kier alpha value is -2.66. The Morgan fingerprint density at radius 3 is 1.40 bits per heavy atom. The molecule has 130 valence electrons. The SMILES string of the molecule is COc1ccc(C2(c3ccc(OC)cc3)OC(C)(C)C(=O)C2=O)cc1. The molecular formula is C20H20O5. The molecule has 5 heteroatoms. The summed E-state index contributed by atoms with van der Waals surface area (Å²) in [6.07, 6.45) is 0. The fourth-order valence-electron chi connectivity index (χ4n) is 3.11. The lowest BCUT2D eigenvalue weighted by Crippen LogP contribution is -2.36. The van der Waals surface area contributed by atoms with Crippen LogP contribution >= 0.6 is 0 Å². The third-order valence-corrected chi connectivity index (χ3v) is 4.47. The first-order valence-electron chi connectivity index (χ1n) is 7.93. The molecule has 0 radical (unpaired) electrons. The van der Waals surface area contributed by atoms with Crippen LogP contribution in [-0.2, 0) is 19.9 Å². The van der Waals surface area contributed by atoms with Crippen LogP contribution in [0.3, 0.4) is 0 Å². The second-order valence-corrected chi connectivity index (χ2v) is 6.41. The van der Waals surface area contributed by atoms with Crippen molar-refractivity contribution in [1.29, 1.82) is 0 Å².